The number of benzene rings is 2. The number of phenolic OH excluding ortho intramolecular Hbond substituents is 2. The van der Waals surface area contributed by atoms with Gasteiger partial charge in [-0.3, -0.25) is 4.79 Å². The van der Waals surface area contributed by atoms with E-state index in [9.17, 15) is 15.0 Å². The maximum absolute atomic E-state index is 11.3. The molecule has 0 radical (unpaired) electrons. The maximum atomic E-state index is 11.3. The van der Waals surface area contributed by atoms with Gasteiger partial charge in [-0.2, -0.15) is 0 Å². The van der Waals surface area contributed by atoms with E-state index in [-0.39, 0.29) is 22.8 Å². The molecule has 24 heavy (non-hydrogen) atoms. The minimum atomic E-state index is -0.0533. The van der Waals surface area contributed by atoms with E-state index in [2.05, 4.69) is 4.98 Å². The van der Waals surface area contributed by atoms with Crippen molar-refractivity contribution in [2.24, 2.45) is 0 Å². The molecule has 0 aliphatic rings. The van der Waals surface area contributed by atoms with E-state index >= 15 is 0 Å². The van der Waals surface area contributed by atoms with E-state index in [1.807, 2.05) is 0 Å². The molecule has 0 atom stereocenters. The van der Waals surface area contributed by atoms with Crippen molar-refractivity contribution in [1.29, 1.82) is 0 Å². The Hall–Kier alpha value is -2.56. The second-order valence-corrected chi connectivity index (χ2v) is 5.95. The van der Waals surface area contributed by atoms with E-state index in [1.54, 1.807) is 24.3 Å². The van der Waals surface area contributed by atoms with E-state index < -0.39 is 0 Å². The van der Waals surface area contributed by atoms with Crippen LogP contribution in [-0.4, -0.2) is 21.5 Å². The Kier molecular flexibility index (Phi) is 4.42. The Balaban J connectivity index is 2.25. The molecule has 0 fully saturated rings. The average molecular weight is 360 g/mol. The summed E-state index contributed by atoms with van der Waals surface area (Å²) >= 11 is 12.0. The molecule has 6 heteroatoms. The summed E-state index contributed by atoms with van der Waals surface area (Å²) in [4.78, 5) is 15.8. The van der Waals surface area contributed by atoms with Crippen LogP contribution in [0, 0.1) is 0 Å². The molecular weight excluding hydrogens is 349 g/mol. The minimum absolute atomic E-state index is 0.00650. The van der Waals surface area contributed by atoms with Gasteiger partial charge in [0.25, 0.3) is 0 Å². The fourth-order valence-electron chi connectivity index (χ4n) is 2.34. The quantitative estimate of drug-likeness (QED) is 0.649. The van der Waals surface area contributed by atoms with Crippen molar-refractivity contribution in [2.45, 2.75) is 0 Å². The van der Waals surface area contributed by atoms with Gasteiger partial charge in [0.05, 0.1) is 11.4 Å². The number of aromatic hydroxyl groups is 2. The number of rotatable bonds is 3. The van der Waals surface area contributed by atoms with Crippen LogP contribution in [0.3, 0.4) is 0 Å². The van der Waals surface area contributed by atoms with Crippen LogP contribution in [0.25, 0.3) is 22.5 Å². The largest absolute Gasteiger partial charge is 0.507 e. The first-order valence-corrected chi connectivity index (χ1v) is 7.69. The number of hydrogen-bond acceptors (Lipinski definition) is 4. The predicted octanol–water partition coefficient (Wildman–Crippen LogP) is 4.95. The Morgan fingerprint density at radius 2 is 1.42 bits per heavy atom. The number of carbonyl (C=O) groups is 1. The zero-order valence-corrected chi connectivity index (χ0v) is 13.7. The van der Waals surface area contributed by atoms with Gasteiger partial charge >= 0.3 is 0 Å². The Labute approximate surface area is 147 Å². The molecule has 0 saturated heterocycles. The molecule has 0 bridgehead atoms. The predicted molar refractivity (Wildman–Crippen MR) is 93.8 cm³/mol. The highest BCUT2D eigenvalue weighted by molar-refractivity contribution is 6.31. The van der Waals surface area contributed by atoms with E-state index in [0.717, 1.165) is 0 Å². The lowest BCUT2D eigenvalue weighted by molar-refractivity contribution is 0.112. The van der Waals surface area contributed by atoms with E-state index in [0.29, 0.717) is 33.2 Å². The van der Waals surface area contributed by atoms with Crippen LogP contribution < -0.4 is 0 Å². The molecule has 0 saturated carbocycles. The van der Waals surface area contributed by atoms with Crippen LogP contribution in [-0.2, 0) is 0 Å². The molecule has 2 aromatic carbocycles. The number of phenols is 2. The molecule has 4 nitrogen and oxygen atoms in total. The highest BCUT2D eigenvalue weighted by atomic mass is 35.5. The molecule has 1 heterocycles. The smallest absolute Gasteiger partial charge is 0.152 e. The normalized spacial score (nSPS) is 10.6. The van der Waals surface area contributed by atoms with Crippen LogP contribution >= 0.6 is 23.2 Å². The van der Waals surface area contributed by atoms with Crippen molar-refractivity contribution in [2.75, 3.05) is 0 Å². The lowest BCUT2D eigenvalue weighted by Crippen LogP contribution is -1.95. The van der Waals surface area contributed by atoms with Gasteiger partial charge < -0.3 is 10.2 Å². The van der Waals surface area contributed by atoms with Gasteiger partial charge in [0.15, 0.2) is 6.29 Å². The number of halogens is 2. The van der Waals surface area contributed by atoms with Crippen LogP contribution in [0.5, 0.6) is 11.5 Å². The molecule has 0 spiro atoms. The highest BCUT2D eigenvalue weighted by Crippen LogP contribution is 2.36. The van der Waals surface area contributed by atoms with Crippen molar-refractivity contribution in [1.82, 2.24) is 4.98 Å². The first-order valence-electron chi connectivity index (χ1n) is 6.93. The molecule has 0 amide bonds. The summed E-state index contributed by atoms with van der Waals surface area (Å²) in [6.07, 6.45) is 0.643. The third kappa shape index (κ3) is 3.07. The van der Waals surface area contributed by atoms with Crippen molar-refractivity contribution in [3.05, 3.63) is 64.1 Å². The summed E-state index contributed by atoms with van der Waals surface area (Å²) in [5.74, 6) is -0.0468. The van der Waals surface area contributed by atoms with E-state index in [4.69, 9.17) is 23.2 Å². The Morgan fingerprint density at radius 1 is 0.833 bits per heavy atom. The van der Waals surface area contributed by atoms with Crippen LogP contribution in [0.4, 0.5) is 0 Å². The van der Waals surface area contributed by atoms with Crippen molar-refractivity contribution in [3.8, 4) is 34.0 Å². The van der Waals surface area contributed by atoms with Crippen LogP contribution in [0.1, 0.15) is 10.4 Å². The summed E-state index contributed by atoms with van der Waals surface area (Å²) in [6.45, 7) is 0. The molecule has 0 aliphatic heterocycles. The summed E-state index contributed by atoms with van der Waals surface area (Å²) in [6, 6.07) is 12.2. The maximum Gasteiger partial charge on any atom is 0.152 e. The zero-order chi connectivity index (χ0) is 17.3. The Bertz CT molecular complexity index is 942. The lowest BCUT2D eigenvalue weighted by atomic mass is 10.0. The van der Waals surface area contributed by atoms with Crippen molar-refractivity contribution >= 4 is 29.5 Å². The molecule has 2 N–H and O–H groups in total. The van der Waals surface area contributed by atoms with Gasteiger partial charge in [-0.15, -0.1) is 0 Å². The zero-order valence-electron chi connectivity index (χ0n) is 12.2. The molecule has 3 aromatic rings. The first-order chi connectivity index (χ1) is 11.5. The number of aromatic nitrogens is 1. The monoisotopic (exact) mass is 359 g/mol. The fourth-order valence-corrected chi connectivity index (χ4v) is 2.69. The van der Waals surface area contributed by atoms with Gasteiger partial charge in [-0.25, -0.2) is 4.98 Å². The van der Waals surface area contributed by atoms with Crippen molar-refractivity contribution < 1.29 is 15.0 Å². The lowest BCUT2D eigenvalue weighted by Gasteiger charge is -2.11. The van der Waals surface area contributed by atoms with Gasteiger partial charge in [0.2, 0.25) is 0 Å². The summed E-state index contributed by atoms with van der Waals surface area (Å²) in [5.41, 5.74) is 1.71. The topological polar surface area (TPSA) is 70.4 Å². The SMILES string of the molecule is O=Cc1ccc(-c2cc(Cl)ccc2O)nc1-c1cc(Cl)ccc1O. The third-order valence-electron chi connectivity index (χ3n) is 3.50. The summed E-state index contributed by atoms with van der Waals surface area (Å²) < 4.78 is 0. The number of pyridine rings is 1. The number of aldehydes is 1. The molecule has 1 aromatic heterocycles. The average Bonchev–Trinajstić information content (AvgIpc) is 2.58. The first kappa shape index (κ1) is 16.3. The Morgan fingerprint density at radius 3 is 2.04 bits per heavy atom. The van der Waals surface area contributed by atoms with Gasteiger partial charge in [0.1, 0.15) is 11.5 Å². The summed E-state index contributed by atoms with van der Waals surface area (Å²) in [5, 5.41) is 21.0. The molecule has 0 aliphatic carbocycles. The van der Waals surface area contributed by atoms with E-state index in [1.165, 1.54) is 24.3 Å². The molecular formula is C18H11Cl2NO3. The van der Waals surface area contributed by atoms with Gasteiger partial charge in [0, 0.05) is 26.7 Å². The van der Waals surface area contributed by atoms with Gasteiger partial charge in [-0.05, 0) is 48.5 Å². The second kappa shape index (κ2) is 6.51. The molecule has 0 unspecified atom stereocenters. The molecule has 120 valence electrons. The molecule has 3 rings (SSSR count). The van der Waals surface area contributed by atoms with Crippen LogP contribution in [0.2, 0.25) is 10.0 Å². The van der Waals surface area contributed by atoms with Gasteiger partial charge in [-0.1, -0.05) is 23.2 Å². The fraction of sp³-hybridized carbons (Fsp3) is 0. The highest BCUT2D eigenvalue weighted by Gasteiger charge is 2.15. The number of hydrogen-bond donors (Lipinski definition) is 2. The second-order valence-electron chi connectivity index (χ2n) is 5.08. The summed E-state index contributed by atoms with van der Waals surface area (Å²) in [7, 11) is 0. The van der Waals surface area contributed by atoms with Crippen molar-refractivity contribution in [3.63, 3.8) is 0 Å². The number of carbonyl (C=O) groups excluding carboxylic acids is 1. The standard InChI is InChI=1S/C18H11Cl2NO3/c19-11-2-5-16(23)13(7-11)15-4-1-10(9-22)18(21-15)14-8-12(20)3-6-17(14)24/h1-9,23-24H. The third-order valence-corrected chi connectivity index (χ3v) is 3.97. The minimum Gasteiger partial charge on any atom is -0.507 e. The number of nitrogens with zero attached hydrogens (tertiary/aromatic N) is 1. The van der Waals surface area contributed by atoms with Crippen LogP contribution in [0.15, 0.2) is 48.5 Å².